The number of nitrogens with zero attached hydrogens (tertiary/aromatic N) is 1. The largest absolute Gasteiger partial charge is 0.486 e. The first-order valence-corrected chi connectivity index (χ1v) is 13.0. The molecule has 1 aromatic rings. The van der Waals surface area contributed by atoms with Gasteiger partial charge >= 0.3 is 21.3 Å². The van der Waals surface area contributed by atoms with E-state index < -0.39 is 95.4 Å². The molecular weight excluding hydrogens is 542 g/mol. The van der Waals surface area contributed by atoms with Crippen LogP contribution in [0.5, 0.6) is 0 Å². The lowest BCUT2D eigenvalue weighted by Gasteiger charge is -2.40. The quantitative estimate of drug-likeness (QED) is 0.127. The highest BCUT2D eigenvalue weighted by Gasteiger charge is 2.50. The lowest BCUT2D eigenvalue weighted by molar-refractivity contribution is -0.281. The zero-order chi connectivity index (χ0) is 27.0. The van der Waals surface area contributed by atoms with E-state index in [4.69, 9.17) is 28.3 Å². The maximum absolute atomic E-state index is 13.0. The number of aromatic amines is 1. The Morgan fingerprint density at radius 3 is 2.17 bits per heavy atom. The van der Waals surface area contributed by atoms with E-state index >= 15 is 0 Å². The SMILES string of the molecule is O=c1ccn([C@H]2O[C@@H](COP(=O)(O[C@@H]3O[C@H](CO)[C@@H](O)[C@@H](O)[C@H]3O)OP(=O)(O)O)C(O)C2O)c(=O)[nH]1. The fourth-order valence-electron chi connectivity index (χ4n) is 3.37. The van der Waals surface area contributed by atoms with Gasteiger partial charge in [-0.3, -0.25) is 23.4 Å². The minimum Gasteiger partial charge on any atom is -0.394 e. The molecule has 10 atom stereocenters. The minimum absolute atomic E-state index is 0.714. The summed E-state index contributed by atoms with van der Waals surface area (Å²) in [7, 11) is -11.1. The molecular formula is C15H24N2O17P2. The number of hydrogen-bond donors (Lipinski definition) is 9. The number of rotatable bonds is 9. The highest BCUT2D eigenvalue weighted by atomic mass is 31.3. The van der Waals surface area contributed by atoms with Crippen LogP contribution in [0.25, 0.3) is 0 Å². The van der Waals surface area contributed by atoms with E-state index in [1.54, 1.807) is 0 Å². The summed E-state index contributed by atoms with van der Waals surface area (Å²) in [5.74, 6) is 0. The van der Waals surface area contributed by atoms with Gasteiger partial charge in [0.05, 0.1) is 13.2 Å². The smallest absolute Gasteiger partial charge is 0.394 e. The number of aromatic nitrogens is 2. The van der Waals surface area contributed by atoms with Gasteiger partial charge in [0.2, 0.25) is 0 Å². The van der Waals surface area contributed by atoms with E-state index in [2.05, 4.69) is 4.31 Å². The van der Waals surface area contributed by atoms with Crippen molar-refractivity contribution in [2.75, 3.05) is 13.2 Å². The first-order chi connectivity index (χ1) is 16.7. The topological polar surface area (TPSA) is 297 Å². The average molecular weight is 566 g/mol. The average Bonchev–Trinajstić information content (AvgIpc) is 3.05. The lowest BCUT2D eigenvalue weighted by atomic mass is 10.00. The van der Waals surface area contributed by atoms with Crippen LogP contribution in [0.15, 0.2) is 21.9 Å². The van der Waals surface area contributed by atoms with Crippen LogP contribution in [-0.2, 0) is 32.0 Å². The van der Waals surface area contributed by atoms with Gasteiger partial charge in [-0.05, 0) is 0 Å². The summed E-state index contributed by atoms with van der Waals surface area (Å²) < 4.78 is 48.9. The molecule has 0 aromatic carbocycles. The summed E-state index contributed by atoms with van der Waals surface area (Å²) in [6, 6.07) is 0.921. The molecule has 3 unspecified atom stereocenters. The van der Waals surface area contributed by atoms with Crippen LogP contribution in [0, 0.1) is 0 Å². The molecule has 2 aliphatic heterocycles. The Morgan fingerprint density at radius 1 is 0.944 bits per heavy atom. The highest BCUT2D eigenvalue weighted by Crippen LogP contribution is 2.62. The van der Waals surface area contributed by atoms with E-state index in [9.17, 15) is 49.4 Å². The molecule has 9 N–H and O–H groups in total. The summed E-state index contributed by atoms with van der Waals surface area (Å²) >= 11 is 0. The van der Waals surface area contributed by atoms with Crippen LogP contribution in [0.1, 0.15) is 6.23 Å². The predicted molar refractivity (Wildman–Crippen MR) is 109 cm³/mol. The van der Waals surface area contributed by atoms with Gasteiger partial charge in [0, 0.05) is 12.3 Å². The van der Waals surface area contributed by atoms with Crippen molar-refractivity contribution in [3.8, 4) is 0 Å². The van der Waals surface area contributed by atoms with E-state index in [0.29, 0.717) is 4.57 Å². The Kier molecular flexibility index (Phi) is 9.05. The first-order valence-electron chi connectivity index (χ1n) is 9.99. The van der Waals surface area contributed by atoms with Crippen LogP contribution in [0.4, 0.5) is 0 Å². The normalized spacial score (nSPS) is 37.1. The number of hydrogen-bond acceptors (Lipinski definition) is 15. The highest BCUT2D eigenvalue weighted by molar-refractivity contribution is 7.61. The van der Waals surface area contributed by atoms with Crippen molar-refractivity contribution in [2.24, 2.45) is 0 Å². The molecule has 19 nitrogen and oxygen atoms in total. The van der Waals surface area contributed by atoms with Crippen molar-refractivity contribution in [1.29, 1.82) is 0 Å². The van der Waals surface area contributed by atoms with Crippen molar-refractivity contribution < 1.29 is 72.4 Å². The number of nitrogens with one attached hydrogen (secondary N) is 1. The maximum atomic E-state index is 13.0. The molecule has 2 aliphatic rings. The second-order valence-corrected chi connectivity index (χ2v) is 10.7. The number of phosphoric acid groups is 2. The Hall–Kier alpha value is -1.38. The second kappa shape index (κ2) is 11.2. The summed E-state index contributed by atoms with van der Waals surface area (Å²) in [6.07, 6.45) is -15.6. The molecule has 3 rings (SSSR count). The molecule has 21 heteroatoms. The van der Waals surface area contributed by atoms with Gasteiger partial charge in [-0.25, -0.2) is 13.9 Å². The van der Waals surface area contributed by atoms with Crippen molar-refractivity contribution in [3.05, 3.63) is 33.1 Å². The van der Waals surface area contributed by atoms with E-state index in [1.807, 2.05) is 4.98 Å². The Bertz CT molecular complexity index is 1120. The molecule has 2 fully saturated rings. The van der Waals surface area contributed by atoms with Gasteiger partial charge in [0.1, 0.15) is 42.7 Å². The van der Waals surface area contributed by atoms with Crippen LogP contribution in [0.2, 0.25) is 0 Å². The molecule has 0 aliphatic carbocycles. The third-order valence-electron chi connectivity index (χ3n) is 5.15. The lowest BCUT2D eigenvalue weighted by Crippen LogP contribution is -2.59. The van der Waals surface area contributed by atoms with Crippen molar-refractivity contribution in [1.82, 2.24) is 9.55 Å². The number of aliphatic hydroxyl groups excluding tert-OH is 6. The maximum Gasteiger partial charge on any atom is 0.486 e. The van der Waals surface area contributed by atoms with E-state index in [0.717, 1.165) is 12.3 Å². The van der Waals surface area contributed by atoms with Crippen LogP contribution in [-0.4, -0.2) is 112 Å². The Morgan fingerprint density at radius 2 is 1.58 bits per heavy atom. The first kappa shape index (κ1) is 29.2. The molecule has 2 saturated heterocycles. The molecule has 0 saturated carbocycles. The van der Waals surface area contributed by atoms with Gasteiger partial charge in [-0.15, -0.1) is 0 Å². The summed E-state index contributed by atoms with van der Waals surface area (Å²) in [4.78, 5) is 43.3. The van der Waals surface area contributed by atoms with Crippen molar-refractivity contribution in [3.63, 3.8) is 0 Å². The molecule has 0 amide bonds. The molecule has 0 radical (unpaired) electrons. The van der Waals surface area contributed by atoms with Crippen LogP contribution < -0.4 is 11.2 Å². The standard InChI is InChI=1S/C15H24N2O17P2/c18-3-5-8(20)10(22)12(24)14(32-5)33-36(29,34-35(26,27)28)30-4-6-9(21)11(23)13(31-6)17-2-1-7(19)16-15(17)25/h1-2,5-6,8-14,18,20-24H,3-4H2,(H,16,19,25)(H2,26,27,28)/t5-,6+,8-,9?,10-,11?,12-,13+,14+,36?/m1/s1. The Balaban J connectivity index is 1.77. The minimum atomic E-state index is -5.63. The van der Waals surface area contributed by atoms with Crippen molar-refractivity contribution in [2.45, 2.75) is 55.2 Å². The molecule has 206 valence electrons. The number of phosphoric ester groups is 1. The van der Waals surface area contributed by atoms with Crippen LogP contribution >= 0.6 is 15.6 Å². The summed E-state index contributed by atoms with van der Waals surface area (Å²) in [6.45, 7) is -1.97. The zero-order valence-corrected chi connectivity index (χ0v) is 19.6. The monoisotopic (exact) mass is 566 g/mol. The van der Waals surface area contributed by atoms with E-state index in [-0.39, 0.29) is 0 Å². The molecule has 0 spiro atoms. The van der Waals surface area contributed by atoms with Crippen molar-refractivity contribution >= 4 is 15.6 Å². The van der Waals surface area contributed by atoms with Gasteiger partial charge in [0.15, 0.2) is 12.5 Å². The molecule has 1 aromatic heterocycles. The third kappa shape index (κ3) is 6.54. The van der Waals surface area contributed by atoms with E-state index in [1.165, 1.54) is 0 Å². The van der Waals surface area contributed by atoms with Gasteiger partial charge in [-0.2, -0.15) is 4.31 Å². The second-order valence-electron chi connectivity index (χ2n) is 7.68. The van der Waals surface area contributed by atoms with Gasteiger partial charge < -0.3 is 49.9 Å². The number of aliphatic hydroxyl groups is 6. The number of ether oxygens (including phenoxy) is 2. The summed E-state index contributed by atoms with van der Waals surface area (Å²) in [5, 5.41) is 59.3. The van der Waals surface area contributed by atoms with Crippen LogP contribution in [0.3, 0.4) is 0 Å². The van der Waals surface area contributed by atoms with Gasteiger partial charge in [0.25, 0.3) is 5.56 Å². The van der Waals surface area contributed by atoms with Gasteiger partial charge in [-0.1, -0.05) is 0 Å². The Labute approximate surface area is 199 Å². The fraction of sp³-hybridized carbons (Fsp3) is 0.733. The molecule has 3 heterocycles. The third-order valence-corrected chi connectivity index (χ3v) is 7.73. The predicted octanol–water partition coefficient (Wildman–Crippen LogP) is -4.79. The molecule has 0 bridgehead atoms. The zero-order valence-electron chi connectivity index (χ0n) is 17.9. The molecule has 36 heavy (non-hydrogen) atoms. The summed E-state index contributed by atoms with van der Waals surface area (Å²) in [5.41, 5.74) is -1.77. The fourth-order valence-corrected chi connectivity index (χ4v) is 5.58. The number of H-pyrrole nitrogens is 1.